The zero-order valence-electron chi connectivity index (χ0n) is 16.0. The molecule has 1 amide bonds. The molecule has 3 rings (SSSR count). The van der Waals surface area contributed by atoms with Crippen LogP contribution in [0.5, 0.6) is 5.75 Å². The highest BCUT2D eigenvalue weighted by Crippen LogP contribution is 2.20. The Kier molecular flexibility index (Phi) is 7.69. The van der Waals surface area contributed by atoms with Crippen molar-refractivity contribution in [1.82, 2.24) is 10.2 Å². The third-order valence-corrected chi connectivity index (χ3v) is 4.70. The minimum atomic E-state index is -0.404. The number of anilines is 1. The van der Waals surface area contributed by atoms with E-state index in [4.69, 9.17) is 25.5 Å². The zero-order valence-corrected chi connectivity index (χ0v) is 17.5. The van der Waals surface area contributed by atoms with Crippen molar-refractivity contribution >= 4 is 40.9 Å². The van der Waals surface area contributed by atoms with Gasteiger partial charge in [0.1, 0.15) is 5.75 Å². The van der Waals surface area contributed by atoms with Crippen LogP contribution >= 0.6 is 23.4 Å². The second kappa shape index (κ2) is 10.7. The Bertz CT molecular complexity index is 992. The molecule has 0 spiro atoms. The van der Waals surface area contributed by atoms with Crippen molar-refractivity contribution in [3.63, 3.8) is 0 Å². The molecular weight excluding hydrogens is 430 g/mol. The van der Waals surface area contributed by atoms with Crippen LogP contribution < -0.4 is 10.1 Å². The summed E-state index contributed by atoms with van der Waals surface area (Å²) in [5.41, 5.74) is 0.986. The number of carbonyl (C=O) groups excluding carboxylic acids is 2. The number of carbonyl (C=O) groups is 2. The molecule has 1 heterocycles. The Morgan fingerprint density at radius 3 is 2.53 bits per heavy atom. The highest BCUT2D eigenvalue weighted by Gasteiger charge is 2.11. The van der Waals surface area contributed by atoms with E-state index in [1.54, 1.807) is 55.5 Å². The van der Waals surface area contributed by atoms with Gasteiger partial charge in [-0.1, -0.05) is 23.4 Å². The van der Waals surface area contributed by atoms with Crippen LogP contribution in [0.3, 0.4) is 0 Å². The van der Waals surface area contributed by atoms with Crippen LogP contribution in [0.15, 0.2) is 58.2 Å². The third-order valence-electron chi connectivity index (χ3n) is 3.63. The van der Waals surface area contributed by atoms with Gasteiger partial charge in [0.2, 0.25) is 5.91 Å². The van der Waals surface area contributed by atoms with E-state index in [0.29, 0.717) is 34.5 Å². The minimum absolute atomic E-state index is 0.0826. The van der Waals surface area contributed by atoms with Gasteiger partial charge in [0.05, 0.1) is 17.9 Å². The summed E-state index contributed by atoms with van der Waals surface area (Å²) in [7, 11) is 0. The van der Waals surface area contributed by atoms with Crippen molar-refractivity contribution in [3.05, 3.63) is 65.0 Å². The second-order valence-electron chi connectivity index (χ2n) is 5.84. The van der Waals surface area contributed by atoms with E-state index in [9.17, 15) is 9.59 Å². The van der Waals surface area contributed by atoms with Gasteiger partial charge in [-0.3, -0.25) is 4.79 Å². The summed E-state index contributed by atoms with van der Waals surface area (Å²) in [5, 5.41) is 11.4. The molecule has 0 bridgehead atoms. The lowest BCUT2D eigenvalue weighted by Crippen LogP contribution is -2.14. The SMILES string of the molecule is CCOC(=O)c1ccc(NC(=O)CSc2nnc(COc3ccc(Cl)cc3)o2)cc1. The van der Waals surface area contributed by atoms with Gasteiger partial charge in [-0.15, -0.1) is 10.2 Å². The number of aromatic nitrogens is 2. The fourth-order valence-corrected chi connectivity index (χ4v) is 2.97. The van der Waals surface area contributed by atoms with E-state index in [1.807, 2.05) is 0 Å². The van der Waals surface area contributed by atoms with Crippen LogP contribution in [0.1, 0.15) is 23.2 Å². The summed E-state index contributed by atoms with van der Waals surface area (Å²) >= 11 is 6.93. The molecule has 8 nitrogen and oxygen atoms in total. The molecule has 0 unspecified atom stereocenters. The Balaban J connectivity index is 1.43. The van der Waals surface area contributed by atoms with Crippen LogP contribution in [0.4, 0.5) is 5.69 Å². The topological polar surface area (TPSA) is 104 Å². The molecule has 30 heavy (non-hydrogen) atoms. The van der Waals surface area contributed by atoms with Crippen molar-refractivity contribution in [3.8, 4) is 5.75 Å². The number of nitrogens with zero attached hydrogens (tertiary/aromatic N) is 2. The number of ether oxygens (including phenoxy) is 2. The van der Waals surface area contributed by atoms with Crippen LogP contribution in [-0.4, -0.2) is 34.4 Å². The van der Waals surface area contributed by atoms with Crippen LogP contribution in [-0.2, 0) is 16.1 Å². The fourth-order valence-electron chi connectivity index (χ4n) is 2.26. The molecule has 0 aliphatic heterocycles. The summed E-state index contributed by atoms with van der Waals surface area (Å²) < 4.78 is 15.9. The van der Waals surface area contributed by atoms with E-state index < -0.39 is 5.97 Å². The van der Waals surface area contributed by atoms with E-state index in [-0.39, 0.29) is 23.5 Å². The lowest BCUT2D eigenvalue weighted by molar-refractivity contribution is -0.113. The smallest absolute Gasteiger partial charge is 0.338 e. The molecule has 1 N–H and O–H groups in total. The normalized spacial score (nSPS) is 10.5. The Hall–Kier alpha value is -3.04. The molecule has 0 saturated heterocycles. The van der Waals surface area contributed by atoms with Gasteiger partial charge in [0.25, 0.3) is 11.1 Å². The van der Waals surface area contributed by atoms with Gasteiger partial charge >= 0.3 is 5.97 Å². The van der Waals surface area contributed by atoms with Gasteiger partial charge in [0, 0.05) is 10.7 Å². The molecule has 0 aliphatic rings. The summed E-state index contributed by atoms with van der Waals surface area (Å²) in [6.07, 6.45) is 0. The number of halogens is 1. The number of benzene rings is 2. The van der Waals surface area contributed by atoms with Crippen molar-refractivity contribution in [1.29, 1.82) is 0 Å². The predicted octanol–water partition coefficient (Wildman–Crippen LogP) is 4.21. The zero-order chi connectivity index (χ0) is 21.3. The molecule has 0 fully saturated rings. The first-order chi connectivity index (χ1) is 14.5. The number of thioether (sulfide) groups is 1. The highest BCUT2D eigenvalue weighted by atomic mass is 35.5. The molecule has 3 aromatic rings. The maximum atomic E-state index is 12.1. The van der Waals surface area contributed by atoms with Crippen LogP contribution in [0, 0.1) is 0 Å². The number of amides is 1. The molecule has 0 atom stereocenters. The number of hydrogen-bond donors (Lipinski definition) is 1. The monoisotopic (exact) mass is 447 g/mol. The summed E-state index contributed by atoms with van der Waals surface area (Å²) in [6.45, 7) is 2.15. The first-order valence-corrected chi connectivity index (χ1v) is 10.3. The largest absolute Gasteiger partial charge is 0.484 e. The van der Waals surface area contributed by atoms with Crippen molar-refractivity contribution in [2.45, 2.75) is 18.8 Å². The maximum Gasteiger partial charge on any atom is 0.338 e. The van der Waals surface area contributed by atoms with Gasteiger partial charge in [-0.2, -0.15) is 0 Å². The first-order valence-electron chi connectivity index (χ1n) is 8.94. The first kappa shape index (κ1) is 21.7. The van der Waals surface area contributed by atoms with Crippen molar-refractivity contribution < 1.29 is 23.5 Å². The number of rotatable bonds is 9. The molecule has 156 valence electrons. The molecule has 1 aromatic heterocycles. The Labute approximate surface area is 181 Å². The molecule has 0 radical (unpaired) electrons. The average Bonchev–Trinajstić information content (AvgIpc) is 3.20. The standard InChI is InChI=1S/C20H18ClN3O5S/c1-2-27-19(26)13-3-7-15(8-4-13)22-17(25)12-30-20-24-23-18(29-20)11-28-16-9-5-14(21)6-10-16/h3-10H,2,11-12H2,1H3,(H,22,25). The summed E-state index contributed by atoms with van der Waals surface area (Å²) in [4.78, 5) is 23.7. The van der Waals surface area contributed by atoms with Crippen molar-refractivity contribution in [2.75, 3.05) is 17.7 Å². The molecule has 0 aliphatic carbocycles. The van der Waals surface area contributed by atoms with E-state index in [0.717, 1.165) is 11.8 Å². The average molecular weight is 448 g/mol. The Morgan fingerprint density at radius 2 is 1.83 bits per heavy atom. The summed E-state index contributed by atoms with van der Waals surface area (Å²) in [6, 6.07) is 13.3. The number of hydrogen-bond acceptors (Lipinski definition) is 8. The number of nitrogens with one attached hydrogen (secondary N) is 1. The third kappa shape index (κ3) is 6.50. The van der Waals surface area contributed by atoms with E-state index >= 15 is 0 Å². The molecule has 0 saturated carbocycles. The van der Waals surface area contributed by atoms with Gasteiger partial charge in [-0.05, 0) is 55.5 Å². The van der Waals surface area contributed by atoms with Gasteiger partial charge in [-0.25, -0.2) is 4.79 Å². The van der Waals surface area contributed by atoms with E-state index in [1.165, 1.54) is 0 Å². The minimum Gasteiger partial charge on any atom is -0.484 e. The fraction of sp³-hybridized carbons (Fsp3) is 0.200. The maximum absolute atomic E-state index is 12.1. The number of esters is 1. The van der Waals surface area contributed by atoms with Gasteiger partial charge in [0.15, 0.2) is 6.61 Å². The van der Waals surface area contributed by atoms with Crippen LogP contribution in [0.2, 0.25) is 5.02 Å². The highest BCUT2D eigenvalue weighted by molar-refractivity contribution is 7.99. The molecule has 2 aromatic carbocycles. The molecule has 10 heteroatoms. The second-order valence-corrected chi connectivity index (χ2v) is 7.20. The van der Waals surface area contributed by atoms with Gasteiger partial charge < -0.3 is 19.2 Å². The Morgan fingerprint density at radius 1 is 1.10 bits per heavy atom. The quantitative estimate of drug-likeness (QED) is 0.384. The van der Waals surface area contributed by atoms with E-state index in [2.05, 4.69) is 15.5 Å². The van der Waals surface area contributed by atoms with Crippen molar-refractivity contribution in [2.24, 2.45) is 0 Å². The molecular formula is C20H18ClN3O5S. The lowest BCUT2D eigenvalue weighted by atomic mass is 10.2. The van der Waals surface area contributed by atoms with Crippen LogP contribution in [0.25, 0.3) is 0 Å². The summed E-state index contributed by atoms with van der Waals surface area (Å²) in [5.74, 6) is 0.348. The predicted molar refractivity (Wildman–Crippen MR) is 112 cm³/mol. The lowest BCUT2D eigenvalue weighted by Gasteiger charge is -2.05.